The number of carboxylic acid groups (broad SMARTS) is 2. The van der Waals surface area contributed by atoms with Crippen molar-refractivity contribution >= 4 is 11.9 Å². The van der Waals surface area contributed by atoms with Gasteiger partial charge in [-0.25, -0.2) is 9.59 Å². The lowest BCUT2D eigenvalue weighted by Crippen LogP contribution is -2.07. The Kier molecular flexibility index (Phi) is 6.60. The molecule has 2 aromatic carbocycles. The summed E-state index contributed by atoms with van der Waals surface area (Å²) in [6, 6.07) is 10.8. The van der Waals surface area contributed by atoms with Gasteiger partial charge in [0.05, 0.1) is 0 Å². The molecule has 4 N–H and O–H groups in total. The first-order chi connectivity index (χ1) is 12.4. The zero-order valence-electron chi connectivity index (χ0n) is 14.3. The molecule has 0 unspecified atom stereocenters. The molecule has 1 saturated carbocycles. The van der Waals surface area contributed by atoms with Gasteiger partial charge in [-0.1, -0.05) is 43.5 Å². The zero-order chi connectivity index (χ0) is 19.1. The van der Waals surface area contributed by atoms with Crippen molar-refractivity contribution in [2.24, 2.45) is 0 Å². The fourth-order valence-electron chi connectivity index (χ4n) is 3.13. The third-order valence-corrected chi connectivity index (χ3v) is 4.48. The smallest absolute Gasteiger partial charge is 0.339 e. The summed E-state index contributed by atoms with van der Waals surface area (Å²) in [5.74, 6) is -2.08. The fourth-order valence-corrected chi connectivity index (χ4v) is 3.13. The molecule has 0 aromatic heterocycles. The van der Waals surface area contributed by atoms with Crippen LogP contribution in [0.3, 0.4) is 0 Å². The van der Waals surface area contributed by atoms with Crippen LogP contribution in [0.25, 0.3) is 0 Å². The highest BCUT2D eigenvalue weighted by Gasteiger charge is 2.21. The Morgan fingerprint density at radius 3 is 1.88 bits per heavy atom. The molecule has 1 aliphatic rings. The van der Waals surface area contributed by atoms with Gasteiger partial charge < -0.3 is 20.4 Å². The monoisotopic (exact) mass is 358 g/mol. The number of hydrogen-bond donors (Lipinski definition) is 4. The van der Waals surface area contributed by atoms with Crippen LogP contribution in [0.2, 0.25) is 0 Å². The van der Waals surface area contributed by atoms with Gasteiger partial charge in [0.25, 0.3) is 0 Å². The molecule has 0 bridgehead atoms. The SMILES string of the molecule is O=C(O)c1cccc(C2CCCCC2)c1O.O=C(O)c1ccccc1O. The lowest BCUT2D eigenvalue weighted by atomic mass is 9.83. The topological polar surface area (TPSA) is 115 Å². The van der Waals surface area contributed by atoms with Crippen LogP contribution in [-0.4, -0.2) is 32.4 Å². The Morgan fingerprint density at radius 1 is 0.769 bits per heavy atom. The molecule has 26 heavy (non-hydrogen) atoms. The summed E-state index contributed by atoms with van der Waals surface area (Å²) < 4.78 is 0. The number of phenols is 2. The maximum Gasteiger partial charge on any atom is 0.339 e. The third-order valence-electron chi connectivity index (χ3n) is 4.48. The van der Waals surface area contributed by atoms with Crippen molar-refractivity contribution in [3.05, 3.63) is 59.2 Å². The lowest BCUT2D eigenvalue weighted by Gasteiger charge is -2.23. The molecule has 138 valence electrons. The van der Waals surface area contributed by atoms with E-state index in [1.165, 1.54) is 37.5 Å². The van der Waals surface area contributed by atoms with Crippen LogP contribution in [0.4, 0.5) is 0 Å². The van der Waals surface area contributed by atoms with Gasteiger partial charge >= 0.3 is 11.9 Å². The van der Waals surface area contributed by atoms with Crippen molar-refractivity contribution in [1.29, 1.82) is 0 Å². The Morgan fingerprint density at radius 2 is 1.35 bits per heavy atom. The molecule has 0 amide bonds. The van der Waals surface area contributed by atoms with E-state index in [1.54, 1.807) is 18.2 Å². The number of para-hydroxylation sites is 2. The highest BCUT2D eigenvalue weighted by molar-refractivity contribution is 5.91. The summed E-state index contributed by atoms with van der Waals surface area (Å²) in [4.78, 5) is 21.2. The second-order valence-corrected chi connectivity index (χ2v) is 6.21. The van der Waals surface area contributed by atoms with Crippen LogP contribution >= 0.6 is 0 Å². The van der Waals surface area contributed by atoms with Crippen molar-refractivity contribution < 1.29 is 30.0 Å². The fraction of sp³-hybridized carbons (Fsp3) is 0.300. The highest BCUT2D eigenvalue weighted by Crippen LogP contribution is 2.38. The first-order valence-electron chi connectivity index (χ1n) is 8.48. The van der Waals surface area contributed by atoms with E-state index in [1.807, 2.05) is 6.07 Å². The van der Waals surface area contributed by atoms with Gasteiger partial charge in [0.15, 0.2) is 0 Å². The third kappa shape index (κ3) is 4.75. The standard InChI is InChI=1S/C13H16O3.C7H6O3/c14-12-10(9-5-2-1-3-6-9)7-4-8-11(12)13(15)16;8-6-4-2-1-3-5(6)7(9)10/h4,7-9,14H,1-3,5-6H2,(H,15,16);1-4,8H,(H,9,10). The van der Waals surface area contributed by atoms with E-state index < -0.39 is 11.9 Å². The summed E-state index contributed by atoms with van der Waals surface area (Å²) in [6.07, 6.45) is 5.69. The molecule has 3 rings (SSSR count). The van der Waals surface area contributed by atoms with E-state index in [9.17, 15) is 14.7 Å². The molecule has 1 aliphatic carbocycles. The van der Waals surface area contributed by atoms with E-state index in [0.717, 1.165) is 18.4 Å². The average molecular weight is 358 g/mol. The Balaban J connectivity index is 0.000000209. The quantitative estimate of drug-likeness (QED) is 0.653. The molecular weight excluding hydrogens is 336 g/mol. The summed E-state index contributed by atoms with van der Waals surface area (Å²) in [5, 5.41) is 36.2. The van der Waals surface area contributed by atoms with Crippen LogP contribution in [0.5, 0.6) is 11.5 Å². The lowest BCUT2D eigenvalue weighted by molar-refractivity contribution is 0.0682. The summed E-state index contributed by atoms with van der Waals surface area (Å²) in [7, 11) is 0. The minimum Gasteiger partial charge on any atom is -0.507 e. The van der Waals surface area contributed by atoms with Gasteiger partial charge in [0, 0.05) is 0 Å². The second kappa shape index (κ2) is 8.89. The number of carboxylic acids is 2. The van der Waals surface area contributed by atoms with Gasteiger partial charge in [-0.3, -0.25) is 0 Å². The summed E-state index contributed by atoms with van der Waals surface area (Å²) >= 11 is 0. The average Bonchev–Trinajstić information content (AvgIpc) is 2.63. The van der Waals surface area contributed by atoms with E-state index >= 15 is 0 Å². The number of carbonyl (C=O) groups is 2. The summed E-state index contributed by atoms with van der Waals surface area (Å²) in [6.45, 7) is 0. The molecule has 0 heterocycles. The van der Waals surface area contributed by atoms with Crippen LogP contribution in [0.15, 0.2) is 42.5 Å². The van der Waals surface area contributed by atoms with Crippen molar-refractivity contribution in [2.45, 2.75) is 38.0 Å². The number of hydrogen-bond acceptors (Lipinski definition) is 4. The molecule has 0 aliphatic heterocycles. The van der Waals surface area contributed by atoms with Gasteiger partial charge in [0.2, 0.25) is 0 Å². The zero-order valence-corrected chi connectivity index (χ0v) is 14.3. The summed E-state index contributed by atoms with van der Waals surface area (Å²) in [5.41, 5.74) is 0.755. The highest BCUT2D eigenvalue weighted by atomic mass is 16.4. The Hall–Kier alpha value is -3.02. The number of aromatic carboxylic acids is 2. The molecule has 0 spiro atoms. The largest absolute Gasteiger partial charge is 0.507 e. The molecule has 6 nitrogen and oxygen atoms in total. The van der Waals surface area contributed by atoms with E-state index in [4.69, 9.17) is 15.3 Å². The maximum atomic E-state index is 10.9. The maximum absolute atomic E-state index is 10.9. The molecule has 0 radical (unpaired) electrons. The van der Waals surface area contributed by atoms with Crippen molar-refractivity contribution in [3.8, 4) is 11.5 Å². The first-order valence-corrected chi connectivity index (χ1v) is 8.48. The van der Waals surface area contributed by atoms with Crippen LogP contribution in [-0.2, 0) is 0 Å². The van der Waals surface area contributed by atoms with E-state index in [0.29, 0.717) is 5.92 Å². The van der Waals surface area contributed by atoms with Crippen LogP contribution in [0, 0.1) is 0 Å². The first kappa shape index (κ1) is 19.3. The number of rotatable bonds is 3. The Labute approximate surface area is 151 Å². The molecule has 0 saturated heterocycles. The van der Waals surface area contributed by atoms with Crippen molar-refractivity contribution in [1.82, 2.24) is 0 Å². The molecule has 6 heteroatoms. The number of benzene rings is 2. The second-order valence-electron chi connectivity index (χ2n) is 6.21. The number of aromatic hydroxyl groups is 2. The molecule has 0 atom stereocenters. The minimum absolute atomic E-state index is 0.0167. The molecular formula is C20H22O6. The molecule has 1 fully saturated rings. The Bertz CT molecular complexity index is 778. The minimum atomic E-state index is -1.11. The van der Waals surface area contributed by atoms with Gasteiger partial charge in [-0.2, -0.15) is 0 Å². The van der Waals surface area contributed by atoms with E-state index in [2.05, 4.69) is 0 Å². The van der Waals surface area contributed by atoms with Crippen LogP contribution < -0.4 is 0 Å². The van der Waals surface area contributed by atoms with Crippen LogP contribution in [0.1, 0.15) is 64.3 Å². The van der Waals surface area contributed by atoms with Crippen molar-refractivity contribution in [2.75, 3.05) is 0 Å². The van der Waals surface area contributed by atoms with Gasteiger partial charge in [-0.05, 0) is 42.5 Å². The van der Waals surface area contributed by atoms with E-state index in [-0.39, 0.29) is 22.6 Å². The predicted octanol–water partition coefficient (Wildman–Crippen LogP) is 4.23. The van der Waals surface area contributed by atoms with Gasteiger partial charge in [0.1, 0.15) is 22.6 Å². The predicted molar refractivity (Wildman–Crippen MR) is 96.0 cm³/mol. The normalized spacial score (nSPS) is 14.2. The molecule has 2 aromatic rings. The van der Waals surface area contributed by atoms with Gasteiger partial charge in [-0.15, -0.1) is 0 Å². The van der Waals surface area contributed by atoms with Crippen molar-refractivity contribution in [3.63, 3.8) is 0 Å².